The molecule has 154 valence electrons. The molecule has 0 spiro atoms. The Kier molecular flexibility index (Phi) is 5.58. The average molecular weight is 400 g/mol. The molecule has 1 fully saturated rings. The zero-order valence-corrected chi connectivity index (χ0v) is 16.6. The molecule has 2 unspecified atom stereocenters. The molecule has 4 rings (SSSR count). The Morgan fingerprint density at radius 2 is 1.83 bits per heavy atom. The minimum atomic E-state index is -0.229. The van der Waals surface area contributed by atoms with Gasteiger partial charge in [-0.15, -0.1) is 0 Å². The second kappa shape index (κ2) is 8.29. The van der Waals surface area contributed by atoms with E-state index in [2.05, 4.69) is 11.8 Å². The Morgan fingerprint density at radius 1 is 1.07 bits per heavy atom. The molecule has 7 heteroatoms. The lowest BCUT2D eigenvalue weighted by molar-refractivity contribution is -0.139. The molecule has 1 saturated heterocycles. The van der Waals surface area contributed by atoms with Gasteiger partial charge in [-0.1, -0.05) is 12.1 Å². The summed E-state index contributed by atoms with van der Waals surface area (Å²) >= 11 is 0. The Balaban J connectivity index is 1.32. The zero-order chi connectivity index (χ0) is 20.4. The maximum absolute atomic E-state index is 13.1. The number of nitrogens with zero attached hydrogens (tertiary/aromatic N) is 2. The second-order valence-corrected chi connectivity index (χ2v) is 7.60. The Hall–Kier alpha value is -2.80. The summed E-state index contributed by atoms with van der Waals surface area (Å²) in [5, 5.41) is 0. The monoisotopic (exact) mass is 400 g/mol. The summed E-state index contributed by atoms with van der Waals surface area (Å²) in [4.78, 5) is 16.9. The molecular formula is C22H25FN2O4. The third-order valence-electron chi connectivity index (χ3n) is 5.44. The van der Waals surface area contributed by atoms with Gasteiger partial charge in [-0.25, -0.2) is 4.39 Å². The number of carbonyl (C=O) groups is 1. The largest absolute Gasteiger partial charge is 0.484 e. The predicted molar refractivity (Wildman–Crippen MR) is 106 cm³/mol. The number of piperazine rings is 1. The van der Waals surface area contributed by atoms with Crippen molar-refractivity contribution in [1.82, 2.24) is 9.80 Å². The Morgan fingerprint density at radius 3 is 2.62 bits per heavy atom. The van der Waals surface area contributed by atoms with Crippen LogP contribution in [0.2, 0.25) is 0 Å². The maximum atomic E-state index is 13.1. The summed E-state index contributed by atoms with van der Waals surface area (Å²) in [5.41, 5.74) is 1.07. The van der Waals surface area contributed by atoms with Crippen LogP contribution >= 0.6 is 0 Å². The van der Waals surface area contributed by atoms with Crippen molar-refractivity contribution in [3.63, 3.8) is 0 Å². The molecular weight excluding hydrogens is 375 g/mol. The highest BCUT2D eigenvalue weighted by Gasteiger charge is 2.32. The van der Waals surface area contributed by atoms with E-state index in [1.165, 1.54) is 12.1 Å². The highest BCUT2D eigenvalue weighted by molar-refractivity contribution is 5.78. The highest BCUT2D eigenvalue weighted by Crippen LogP contribution is 2.35. The van der Waals surface area contributed by atoms with Crippen LogP contribution in [-0.2, 0) is 11.3 Å². The number of amides is 1. The van der Waals surface area contributed by atoms with E-state index < -0.39 is 0 Å². The lowest BCUT2D eigenvalue weighted by atomic mass is 10.1. The van der Waals surface area contributed by atoms with Crippen LogP contribution in [0.15, 0.2) is 42.5 Å². The molecule has 1 amide bonds. The molecule has 0 aliphatic carbocycles. The van der Waals surface area contributed by atoms with Crippen molar-refractivity contribution in [1.29, 1.82) is 0 Å². The molecule has 2 aliphatic heterocycles. The summed E-state index contributed by atoms with van der Waals surface area (Å²) in [6, 6.07) is 12.1. The fraction of sp³-hybridized carbons (Fsp3) is 0.409. The van der Waals surface area contributed by atoms with Crippen molar-refractivity contribution < 1.29 is 23.4 Å². The van der Waals surface area contributed by atoms with E-state index in [9.17, 15) is 9.18 Å². The van der Waals surface area contributed by atoms with Crippen molar-refractivity contribution in [2.24, 2.45) is 0 Å². The zero-order valence-electron chi connectivity index (χ0n) is 16.6. The predicted octanol–water partition coefficient (Wildman–Crippen LogP) is 3.05. The third-order valence-corrected chi connectivity index (χ3v) is 5.44. The molecule has 0 aromatic heterocycles. The summed E-state index contributed by atoms with van der Waals surface area (Å²) in [6.45, 7) is 6.46. The van der Waals surface area contributed by atoms with Crippen LogP contribution in [0.1, 0.15) is 19.4 Å². The van der Waals surface area contributed by atoms with Gasteiger partial charge in [0.1, 0.15) is 11.6 Å². The van der Waals surface area contributed by atoms with Crippen molar-refractivity contribution in [2.45, 2.75) is 32.5 Å². The summed E-state index contributed by atoms with van der Waals surface area (Å²) in [6.07, 6.45) is 0. The van der Waals surface area contributed by atoms with Crippen LogP contribution in [0.25, 0.3) is 0 Å². The summed E-state index contributed by atoms with van der Waals surface area (Å²) in [7, 11) is 0. The molecule has 2 aromatic rings. The quantitative estimate of drug-likeness (QED) is 0.772. The van der Waals surface area contributed by atoms with E-state index in [-0.39, 0.29) is 37.2 Å². The van der Waals surface area contributed by atoms with Crippen molar-refractivity contribution in [3.8, 4) is 17.2 Å². The SMILES string of the molecule is CC1CN(C(=O)COc2ccc3c(c2)OCO3)C(C)CN1Cc1ccc(F)cc1. The first kappa shape index (κ1) is 19.5. The second-order valence-electron chi connectivity index (χ2n) is 7.60. The van der Waals surface area contributed by atoms with Crippen LogP contribution in [0, 0.1) is 5.82 Å². The molecule has 2 atom stereocenters. The van der Waals surface area contributed by atoms with Gasteiger partial charge in [0, 0.05) is 37.8 Å². The average Bonchev–Trinajstić information content (AvgIpc) is 3.18. The van der Waals surface area contributed by atoms with Crippen LogP contribution in [0.4, 0.5) is 4.39 Å². The smallest absolute Gasteiger partial charge is 0.260 e. The summed E-state index contributed by atoms with van der Waals surface area (Å²) < 4.78 is 29.4. The Bertz CT molecular complexity index is 874. The standard InChI is InChI=1S/C22H25FN2O4/c1-15-11-25(16(2)10-24(15)12-17-3-5-18(23)6-4-17)22(26)13-27-19-7-8-20-21(9-19)29-14-28-20/h3-9,15-16H,10-14H2,1-2H3. The first-order chi connectivity index (χ1) is 14.0. The minimum absolute atomic E-state index is 0.0192. The van der Waals surface area contributed by atoms with Crippen molar-refractivity contribution in [2.75, 3.05) is 26.5 Å². The van der Waals surface area contributed by atoms with Gasteiger partial charge in [0.15, 0.2) is 18.1 Å². The number of rotatable bonds is 5. The molecule has 0 radical (unpaired) electrons. The van der Waals surface area contributed by atoms with E-state index in [0.717, 1.165) is 18.7 Å². The highest BCUT2D eigenvalue weighted by atomic mass is 19.1. The van der Waals surface area contributed by atoms with E-state index in [4.69, 9.17) is 14.2 Å². The lowest BCUT2D eigenvalue weighted by Crippen LogP contribution is -2.58. The number of halogens is 1. The molecule has 0 saturated carbocycles. The minimum Gasteiger partial charge on any atom is -0.484 e. The lowest BCUT2D eigenvalue weighted by Gasteiger charge is -2.44. The first-order valence-electron chi connectivity index (χ1n) is 9.80. The molecule has 29 heavy (non-hydrogen) atoms. The number of benzene rings is 2. The third kappa shape index (κ3) is 4.45. The molecule has 6 nitrogen and oxygen atoms in total. The van der Waals surface area contributed by atoms with Gasteiger partial charge in [-0.3, -0.25) is 9.69 Å². The van der Waals surface area contributed by atoms with E-state index in [1.54, 1.807) is 18.2 Å². The fourth-order valence-electron chi connectivity index (χ4n) is 3.78. The topological polar surface area (TPSA) is 51.2 Å². The van der Waals surface area contributed by atoms with Gasteiger partial charge in [0.25, 0.3) is 5.91 Å². The molecule has 0 bridgehead atoms. The molecule has 2 heterocycles. The Labute approximate surface area is 169 Å². The van der Waals surface area contributed by atoms with Gasteiger partial charge >= 0.3 is 0 Å². The number of ether oxygens (including phenoxy) is 3. The van der Waals surface area contributed by atoms with E-state index >= 15 is 0 Å². The van der Waals surface area contributed by atoms with E-state index in [0.29, 0.717) is 23.8 Å². The normalized spacial score (nSPS) is 21.3. The van der Waals surface area contributed by atoms with Crippen LogP contribution in [-0.4, -0.2) is 54.3 Å². The van der Waals surface area contributed by atoms with Gasteiger partial charge < -0.3 is 19.1 Å². The van der Waals surface area contributed by atoms with Gasteiger partial charge in [0.05, 0.1) is 0 Å². The molecule has 2 aromatic carbocycles. The van der Waals surface area contributed by atoms with Crippen molar-refractivity contribution >= 4 is 5.91 Å². The number of fused-ring (bicyclic) bond motifs is 1. The van der Waals surface area contributed by atoms with Gasteiger partial charge in [0.2, 0.25) is 6.79 Å². The summed E-state index contributed by atoms with van der Waals surface area (Å²) in [5.74, 6) is 1.63. The molecule has 0 N–H and O–H groups in total. The van der Waals surface area contributed by atoms with Crippen molar-refractivity contribution in [3.05, 3.63) is 53.8 Å². The van der Waals surface area contributed by atoms with Crippen LogP contribution < -0.4 is 14.2 Å². The fourth-order valence-corrected chi connectivity index (χ4v) is 3.78. The molecule has 2 aliphatic rings. The number of hydrogen-bond acceptors (Lipinski definition) is 5. The van der Waals surface area contributed by atoms with E-state index in [1.807, 2.05) is 24.0 Å². The van der Waals surface area contributed by atoms with Gasteiger partial charge in [-0.2, -0.15) is 0 Å². The van der Waals surface area contributed by atoms with Crippen LogP contribution in [0.5, 0.6) is 17.2 Å². The first-order valence-corrected chi connectivity index (χ1v) is 9.80. The number of carbonyl (C=O) groups excluding carboxylic acids is 1. The van der Waals surface area contributed by atoms with Gasteiger partial charge in [-0.05, 0) is 43.7 Å². The van der Waals surface area contributed by atoms with Crippen LogP contribution in [0.3, 0.4) is 0 Å². The number of hydrogen-bond donors (Lipinski definition) is 0. The maximum Gasteiger partial charge on any atom is 0.260 e.